The van der Waals surface area contributed by atoms with Gasteiger partial charge in [-0.1, -0.05) is 16.1 Å². The summed E-state index contributed by atoms with van der Waals surface area (Å²) in [5, 5.41) is 7.18. The topological polar surface area (TPSA) is 101 Å². The Balaban J connectivity index is 1.91. The number of sulfonamides is 1. The summed E-state index contributed by atoms with van der Waals surface area (Å²) in [6.07, 6.45) is -3.40. The van der Waals surface area contributed by atoms with E-state index in [2.05, 4.69) is 20.5 Å². The number of hydrogen-bond donors (Lipinski definition) is 2. The van der Waals surface area contributed by atoms with Crippen molar-refractivity contribution in [2.24, 2.45) is 0 Å². The molecule has 3 rings (SSSR count). The van der Waals surface area contributed by atoms with E-state index in [1.165, 1.54) is 11.4 Å². The summed E-state index contributed by atoms with van der Waals surface area (Å²) in [7, 11) is -4.73. The molecule has 158 valence electrons. The number of carbonyl (C=O) groups excluding carboxylic acids is 1. The normalized spacial score (nSPS) is 17.2. The second-order valence-corrected chi connectivity index (χ2v) is 8.93. The average molecular weight is 471 g/mol. The molecule has 1 aromatic carbocycles. The van der Waals surface area contributed by atoms with Crippen LogP contribution < -0.4 is 15.1 Å². The fourth-order valence-electron chi connectivity index (χ4n) is 2.49. The van der Waals surface area contributed by atoms with E-state index in [4.69, 9.17) is 11.6 Å². The second-order valence-electron chi connectivity index (χ2n) is 5.90. The Morgan fingerprint density at radius 3 is 2.72 bits per heavy atom. The van der Waals surface area contributed by atoms with Crippen molar-refractivity contribution in [3.05, 3.63) is 34.8 Å². The molecule has 2 aromatic rings. The van der Waals surface area contributed by atoms with Crippen molar-refractivity contribution < 1.29 is 31.2 Å². The molecule has 1 atom stereocenters. The van der Waals surface area contributed by atoms with Gasteiger partial charge >= 0.3 is 12.1 Å². The van der Waals surface area contributed by atoms with E-state index in [1.54, 1.807) is 0 Å². The molecular weight excluding hydrogens is 457 g/mol. The number of thiazole rings is 1. The average Bonchev–Trinajstić information content (AvgIpc) is 3.33. The first-order valence-corrected chi connectivity index (χ1v) is 10.8. The van der Waals surface area contributed by atoms with E-state index in [0.717, 1.165) is 31.3 Å². The van der Waals surface area contributed by atoms with Crippen molar-refractivity contribution in [2.45, 2.75) is 23.5 Å². The van der Waals surface area contributed by atoms with E-state index >= 15 is 0 Å². The molecule has 0 unspecified atom stereocenters. The van der Waals surface area contributed by atoms with Crippen LogP contribution in [0.3, 0.4) is 0 Å². The van der Waals surface area contributed by atoms with Crippen LogP contribution in [0.1, 0.15) is 6.42 Å². The molecule has 0 aliphatic carbocycles. The Morgan fingerprint density at radius 2 is 2.17 bits per heavy atom. The van der Waals surface area contributed by atoms with Crippen molar-refractivity contribution in [3.63, 3.8) is 0 Å². The molecule has 1 aromatic heterocycles. The SMILES string of the molecule is O=C(ON(c1nccs1)S(=O)(=O)c1ccc(N[C@@H]2CCNC2)c(Cl)c1)C(F)(F)F. The second kappa shape index (κ2) is 8.34. The highest BCUT2D eigenvalue weighted by molar-refractivity contribution is 7.92. The first-order valence-electron chi connectivity index (χ1n) is 8.10. The zero-order chi connectivity index (χ0) is 21.2. The van der Waals surface area contributed by atoms with Crippen LogP contribution in [-0.4, -0.2) is 44.7 Å². The first-order chi connectivity index (χ1) is 13.6. The van der Waals surface area contributed by atoms with Crippen LogP contribution in [0.15, 0.2) is 34.7 Å². The van der Waals surface area contributed by atoms with Crippen molar-refractivity contribution in [3.8, 4) is 0 Å². The highest BCUT2D eigenvalue weighted by atomic mass is 35.5. The zero-order valence-electron chi connectivity index (χ0n) is 14.4. The number of halogens is 4. The summed E-state index contributed by atoms with van der Waals surface area (Å²) in [5.74, 6) is -2.70. The van der Waals surface area contributed by atoms with Gasteiger partial charge in [0.15, 0.2) is 0 Å². The maximum atomic E-state index is 12.9. The summed E-state index contributed by atoms with van der Waals surface area (Å²) in [6, 6.07) is 3.70. The zero-order valence-corrected chi connectivity index (χ0v) is 16.8. The molecule has 0 amide bonds. The molecule has 1 fully saturated rings. The molecule has 2 heterocycles. The van der Waals surface area contributed by atoms with E-state index in [9.17, 15) is 26.4 Å². The Labute approximate surface area is 172 Å². The fourth-order valence-corrected chi connectivity index (χ4v) is 4.82. The third-order valence-corrected chi connectivity index (χ3v) is 6.55. The number of hydrogen-bond acceptors (Lipinski definition) is 8. The van der Waals surface area contributed by atoms with Crippen molar-refractivity contribution in [1.29, 1.82) is 0 Å². The van der Waals surface area contributed by atoms with Gasteiger partial charge in [0, 0.05) is 24.2 Å². The number of anilines is 2. The molecule has 0 bridgehead atoms. The minimum absolute atomic E-state index is 0.0409. The van der Waals surface area contributed by atoms with Crippen molar-refractivity contribution >= 4 is 49.7 Å². The van der Waals surface area contributed by atoms with Gasteiger partial charge < -0.3 is 15.5 Å². The van der Waals surface area contributed by atoms with Gasteiger partial charge in [-0.05, 0) is 31.2 Å². The third kappa shape index (κ3) is 4.91. The van der Waals surface area contributed by atoms with Gasteiger partial charge in [-0.25, -0.2) is 9.78 Å². The number of benzene rings is 1. The molecule has 2 N–H and O–H groups in total. The molecule has 1 saturated heterocycles. The quantitative estimate of drug-likeness (QED) is 0.626. The van der Waals surface area contributed by atoms with Crippen LogP contribution in [0.25, 0.3) is 0 Å². The van der Waals surface area contributed by atoms with Crippen molar-refractivity contribution in [1.82, 2.24) is 10.3 Å². The standard InChI is InChI=1S/C15H14ClF3N4O4S2/c16-11-7-10(1-2-12(11)22-9-3-4-20-8-9)29(25,26)23(14-21-5-6-28-14)27-13(24)15(17,18)19/h1-2,5-7,9,20,22H,3-4,8H2/t9-/m1/s1. The molecule has 0 spiro atoms. The molecule has 29 heavy (non-hydrogen) atoms. The smallest absolute Gasteiger partial charge is 0.380 e. The molecule has 8 nitrogen and oxygen atoms in total. The lowest BCUT2D eigenvalue weighted by Gasteiger charge is -2.21. The Morgan fingerprint density at radius 1 is 1.41 bits per heavy atom. The predicted molar refractivity (Wildman–Crippen MR) is 100 cm³/mol. The number of nitrogens with zero attached hydrogens (tertiary/aromatic N) is 2. The maximum Gasteiger partial charge on any atom is 0.493 e. The van der Waals surface area contributed by atoms with E-state index in [0.29, 0.717) is 23.6 Å². The molecular formula is C15H14ClF3N4O4S2. The van der Waals surface area contributed by atoms with Gasteiger partial charge in [0.2, 0.25) is 5.13 Å². The summed E-state index contributed by atoms with van der Waals surface area (Å²) in [6.45, 7) is 1.54. The van der Waals surface area contributed by atoms with Crippen LogP contribution in [0, 0.1) is 0 Å². The lowest BCUT2D eigenvalue weighted by Crippen LogP contribution is -2.38. The minimum atomic E-state index is -5.40. The van der Waals surface area contributed by atoms with Gasteiger partial charge in [0.1, 0.15) is 0 Å². The van der Waals surface area contributed by atoms with Crippen LogP contribution in [-0.2, 0) is 19.7 Å². The van der Waals surface area contributed by atoms with Crippen LogP contribution >= 0.6 is 22.9 Å². The highest BCUT2D eigenvalue weighted by Crippen LogP contribution is 2.32. The van der Waals surface area contributed by atoms with E-state index in [1.807, 2.05) is 0 Å². The maximum absolute atomic E-state index is 12.9. The van der Waals surface area contributed by atoms with Gasteiger partial charge in [-0.2, -0.15) is 21.6 Å². The van der Waals surface area contributed by atoms with Crippen molar-refractivity contribution in [2.75, 3.05) is 22.9 Å². The van der Waals surface area contributed by atoms with Gasteiger partial charge in [0.05, 0.1) is 15.6 Å². The Hall–Kier alpha value is -2.09. The largest absolute Gasteiger partial charge is 0.493 e. The predicted octanol–water partition coefficient (Wildman–Crippen LogP) is 2.79. The monoisotopic (exact) mass is 470 g/mol. The van der Waals surface area contributed by atoms with Crippen LogP contribution in [0.4, 0.5) is 24.0 Å². The lowest BCUT2D eigenvalue weighted by molar-refractivity contribution is -0.199. The van der Waals surface area contributed by atoms with Gasteiger partial charge in [-0.3, -0.25) is 0 Å². The molecule has 0 radical (unpaired) electrons. The third-order valence-electron chi connectivity index (χ3n) is 3.85. The number of aromatic nitrogens is 1. The summed E-state index contributed by atoms with van der Waals surface area (Å²) >= 11 is 6.83. The fraction of sp³-hybridized carbons (Fsp3) is 0.333. The van der Waals surface area contributed by atoms with E-state index in [-0.39, 0.29) is 15.5 Å². The molecule has 1 aliphatic rings. The van der Waals surface area contributed by atoms with Gasteiger partial charge in [0.25, 0.3) is 10.0 Å². The number of carbonyl (C=O) groups is 1. The molecule has 14 heteroatoms. The molecule has 1 aliphatic heterocycles. The van der Waals surface area contributed by atoms with Crippen LogP contribution in [0.2, 0.25) is 5.02 Å². The minimum Gasteiger partial charge on any atom is -0.380 e. The Kier molecular flexibility index (Phi) is 6.22. The molecule has 0 saturated carbocycles. The number of alkyl halides is 3. The Bertz CT molecular complexity index is 980. The first kappa shape index (κ1) is 21.6. The summed E-state index contributed by atoms with van der Waals surface area (Å²) < 4.78 is 63.4. The van der Waals surface area contributed by atoms with Crippen LogP contribution in [0.5, 0.6) is 0 Å². The highest BCUT2D eigenvalue weighted by Gasteiger charge is 2.45. The van der Waals surface area contributed by atoms with E-state index < -0.39 is 32.2 Å². The van der Waals surface area contributed by atoms with Gasteiger partial charge in [-0.15, -0.1) is 11.3 Å². The number of rotatable bonds is 6. The lowest BCUT2D eigenvalue weighted by atomic mass is 10.2. The summed E-state index contributed by atoms with van der Waals surface area (Å²) in [5.41, 5.74) is 0.465. The number of nitrogens with one attached hydrogen (secondary N) is 2. The summed E-state index contributed by atoms with van der Waals surface area (Å²) in [4.78, 5) is 18.5.